The van der Waals surface area contributed by atoms with Gasteiger partial charge < -0.3 is 10.8 Å². The number of aliphatic hydroxyl groups excluding tert-OH is 1. The van der Waals surface area contributed by atoms with E-state index in [2.05, 4.69) is 0 Å². The third kappa shape index (κ3) is 1.62. The lowest BCUT2D eigenvalue weighted by atomic mass is 10.0. The van der Waals surface area contributed by atoms with Gasteiger partial charge in [0.1, 0.15) is 0 Å². The Hall–Kier alpha value is -1.37. The van der Waals surface area contributed by atoms with Crippen molar-refractivity contribution in [1.29, 1.82) is 5.26 Å². The second kappa shape index (κ2) is 3.86. The molecule has 1 aromatic rings. The predicted molar refractivity (Wildman–Crippen MR) is 45.2 cm³/mol. The molecule has 0 bridgehead atoms. The molecule has 3 nitrogen and oxygen atoms in total. The number of nitrogens with zero attached hydrogens (tertiary/aromatic N) is 1. The number of nitriles is 1. The van der Waals surface area contributed by atoms with Crippen LogP contribution in [0.2, 0.25) is 0 Å². The molecule has 3 heteroatoms. The van der Waals surface area contributed by atoms with Crippen molar-refractivity contribution in [3.05, 3.63) is 35.4 Å². The van der Waals surface area contributed by atoms with Crippen LogP contribution in [0.3, 0.4) is 0 Å². The highest BCUT2D eigenvalue weighted by Crippen LogP contribution is 2.14. The van der Waals surface area contributed by atoms with E-state index in [1.54, 1.807) is 24.3 Å². The molecule has 0 saturated heterocycles. The number of hydrogen-bond donors (Lipinski definition) is 2. The van der Waals surface area contributed by atoms with Crippen LogP contribution in [-0.4, -0.2) is 11.7 Å². The molecule has 3 N–H and O–H groups in total. The lowest BCUT2D eigenvalue weighted by Crippen LogP contribution is -2.15. The first-order chi connectivity index (χ1) is 5.79. The molecule has 1 atom stereocenters. The van der Waals surface area contributed by atoms with Gasteiger partial charge >= 0.3 is 0 Å². The van der Waals surface area contributed by atoms with Crippen molar-refractivity contribution < 1.29 is 5.11 Å². The summed E-state index contributed by atoms with van der Waals surface area (Å²) in [5, 5.41) is 17.4. The Morgan fingerprint density at radius 3 is 2.75 bits per heavy atom. The van der Waals surface area contributed by atoms with Gasteiger partial charge in [-0.2, -0.15) is 5.26 Å². The van der Waals surface area contributed by atoms with Gasteiger partial charge in [-0.3, -0.25) is 0 Å². The zero-order valence-electron chi connectivity index (χ0n) is 6.57. The molecule has 0 aromatic heterocycles. The molecule has 1 aromatic carbocycles. The number of nitrogens with two attached hydrogens (primary N) is 1. The third-order valence-corrected chi connectivity index (χ3v) is 1.68. The van der Waals surface area contributed by atoms with Crippen molar-refractivity contribution in [1.82, 2.24) is 0 Å². The van der Waals surface area contributed by atoms with Crippen LogP contribution >= 0.6 is 0 Å². The highest BCUT2D eigenvalue weighted by molar-refractivity contribution is 5.39. The van der Waals surface area contributed by atoms with Gasteiger partial charge in [-0.25, -0.2) is 0 Å². The Morgan fingerprint density at radius 2 is 2.17 bits per heavy atom. The molecule has 0 amide bonds. The van der Waals surface area contributed by atoms with Gasteiger partial charge in [-0.1, -0.05) is 18.2 Å². The van der Waals surface area contributed by atoms with Gasteiger partial charge in [0.2, 0.25) is 0 Å². The molecule has 12 heavy (non-hydrogen) atoms. The van der Waals surface area contributed by atoms with Gasteiger partial charge in [0.25, 0.3) is 0 Å². The van der Waals surface area contributed by atoms with Crippen molar-refractivity contribution in [2.24, 2.45) is 5.73 Å². The van der Waals surface area contributed by atoms with Crippen LogP contribution in [0.4, 0.5) is 0 Å². The molecule has 0 spiro atoms. The number of rotatable bonds is 2. The monoisotopic (exact) mass is 162 g/mol. The largest absolute Gasteiger partial charge is 0.394 e. The average Bonchev–Trinajstić information content (AvgIpc) is 2.16. The quantitative estimate of drug-likeness (QED) is 0.667. The van der Waals surface area contributed by atoms with Crippen LogP contribution in [0.25, 0.3) is 0 Å². The van der Waals surface area contributed by atoms with Crippen molar-refractivity contribution in [3.8, 4) is 6.07 Å². The summed E-state index contributed by atoms with van der Waals surface area (Å²) in [4.78, 5) is 0. The van der Waals surface area contributed by atoms with Crippen LogP contribution in [-0.2, 0) is 0 Å². The molecule has 0 aliphatic heterocycles. The zero-order valence-corrected chi connectivity index (χ0v) is 6.57. The molecule has 0 heterocycles. The van der Waals surface area contributed by atoms with E-state index in [0.29, 0.717) is 11.1 Å². The van der Waals surface area contributed by atoms with E-state index in [0.717, 1.165) is 0 Å². The Bertz CT molecular complexity index is 304. The van der Waals surface area contributed by atoms with E-state index in [1.807, 2.05) is 6.07 Å². The molecule has 0 saturated carbocycles. The van der Waals surface area contributed by atoms with E-state index in [-0.39, 0.29) is 6.61 Å². The Labute approximate surface area is 71.1 Å². The molecule has 62 valence electrons. The third-order valence-electron chi connectivity index (χ3n) is 1.68. The number of benzene rings is 1. The second-order valence-corrected chi connectivity index (χ2v) is 2.49. The molecule has 1 rings (SSSR count). The molecule has 0 radical (unpaired) electrons. The molecule has 0 aliphatic rings. The normalized spacial score (nSPS) is 12.1. The van der Waals surface area contributed by atoms with E-state index >= 15 is 0 Å². The van der Waals surface area contributed by atoms with E-state index in [1.165, 1.54) is 0 Å². The first-order valence-corrected chi connectivity index (χ1v) is 3.65. The van der Waals surface area contributed by atoms with Crippen LogP contribution in [0, 0.1) is 11.3 Å². The fourth-order valence-corrected chi connectivity index (χ4v) is 1.02. The summed E-state index contributed by atoms with van der Waals surface area (Å²) in [6, 6.07) is 8.56. The maximum absolute atomic E-state index is 8.77. The van der Waals surface area contributed by atoms with Crippen molar-refractivity contribution >= 4 is 0 Å². The van der Waals surface area contributed by atoms with Gasteiger partial charge in [0.05, 0.1) is 24.3 Å². The lowest BCUT2D eigenvalue weighted by molar-refractivity contribution is 0.268. The smallest absolute Gasteiger partial charge is 0.0995 e. The van der Waals surface area contributed by atoms with Gasteiger partial charge in [0, 0.05) is 0 Å². The maximum atomic E-state index is 8.77. The van der Waals surface area contributed by atoms with Crippen molar-refractivity contribution in [2.45, 2.75) is 6.04 Å². The maximum Gasteiger partial charge on any atom is 0.0995 e. The number of aliphatic hydroxyl groups is 1. The summed E-state index contributed by atoms with van der Waals surface area (Å²) in [5.41, 5.74) is 6.79. The molecular formula is C9H10N2O. The summed E-state index contributed by atoms with van der Waals surface area (Å²) in [5.74, 6) is 0. The topological polar surface area (TPSA) is 70.0 Å². The van der Waals surface area contributed by atoms with E-state index in [9.17, 15) is 0 Å². The minimum absolute atomic E-state index is 0.140. The molecule has 0 aliphatic carbocycles. The SMILES string of the molecule is N#Cc1ccccc1[C@H](N)CO. The van der Waals surface area contributed by atoms with Crippen LogP contribution in [0.1, 0.15) is 17.2 Å². The standard InChI is InChI=1S/C9H10N2O/c10-5-7-3-1-2-4-8(7)9(11)6-12/h1-4,9,12H,6,11H2/t9-/m1/s1. The van der Waals surface area contributed by atoms with Crippen molar-refractivity contribution in [2.75, 3.05) is 6.61 Å². The Kier molecular flexibility index (Phi) is 2.81. The zero-order chi connectivity index (χ0) is 8.97. The fraction of sp³-hybridized carbons (Fsp3) is 0.222. The first kappa shape index (κ1) is 8.72. The van der Waals surface area contributed by atoms with E-state index in [4.69, 9.17) is 16.1 Å². The summed E-state index contributed by atoms with van der Waals surface area (Å²) < 4.78 is 0. The highest BCUT2D eigenvalue weighted by atomic mass is 16.3. The Morgan fingerprint density at radius 1 is 1.50 bits per heavy atom. The van der Waals surface area contributed by atoms with Gasteiger partial charge in [-0.15, -0.1) is 0 Å². The summed E-state index contributed by atoms with van der Waals surface area (Å²) >= 11 is 0. The van der Waals surface area contributed by atoms with Crippen LogP contribution < -0.4 is 5.73 Å². The summed E-state index contributed by atoms with van der Waals surface area (Å²) in [6.07, 6.45) is 0. The lowest BCUT2D eigenvalue weighted by Gasteiger charge is -2.09. The van der Waals surface area contributed by atoms with Gasteiger partial charge in [0.15, 0.2) is 0 Å². The minimum atomic E-state index is -0.458. The highest BCUT2D eigenvalue weighted by Gasteiger charge is 2.07. The summed E-state index contributed by atoms with van der Waals surface area (Å²) in [7, 11) is 0. The number of hydrogen-bond acceptors (Lipinski definition) is 3. The molecular weight excluding hydrogens is 152 g/mol. The average molecular weight is 162 g/mol. The van der Waals surface area contributed by atoms with E-state index < -0.39 is 6.04 Å². The molecule has 0 fully saturated rings. The fourth-order valence-electron chi connectivity index (χ4n) is 1.02. The summed E-state index contributed by atoms with van der Waals surface area (Å²) in [6.45, 7) is -0.140. The Balaban J connectivity index is 3.07. The van der Waals surface area contributed by atoms with Crippen LogP contribution in [0.5, 0.6) is 0 Å². The minimum Gasteiger partial charge on any atom is -0.394 e. The predicted octanol–water partition coefficient (Wildman–Crippen LogP) is 0.550. The van der Waals surface area contributed by atoms with Crippen LogP contribution in [0.15, 0.2) is 24.3 Å². The first-order valence-electron chi connectivity index (χ1n) is 3.65. The van der Waals surface area contributed by atoms with Gasteiger partial charge in [-0.05, 0) is 11.6 Å². The van der Waals surface area contributed by atoms with Crippen molar-refractivity contribution in [3.63, 3.8) is 0 Å². The molecule has 0 unspecified atom stereocenters. The second-order valence-electron chi connectivity index (χ2n) is 2.49.